The maximum Gasteiger partial charge on any atom is 0.235 e. The number of nitrogens with one attached hydrogen (secondary N) is 1. The average Bonchev–Trinajstić information content (AvgIpc) is 3.01. The summed E-state index contributed by atoms with van der Waals surface area (Å²) in [5.74, 6) is -0.891. The topological polar surface area (TPSA) is 69.7 Å². The van der Waals surface area contributed by atoms with Gasteiger partial charge < -0.3 is 10.2 Å². The van der Waals surface area contributed by atoms with Gasteiger partial charge in [-0.05, 0) is 37.5 Å². The molecule has 8 heteroatoms. The maximum absolute atomic E-state index is 13.9. The fourth-order valence-electron chi connectivity index (χ4n) is 3.77. The first kappa shape index (κ1) is 22.2. The van der Waals surface area contributed by atoms with Crippen LogP contribution in [0.5, 0.6) is 0 Å². The lowest BCUT2D eigenvalue weighted by atomic mass is 10.1. The van der Waals surface area contributed by atoms with Gasteiger partial charge in [0.2, 0.25) is 15.9 Å². The maximum atomic E-state index is 13.9. The monoisotopic (exact) mass is 433 g/mol. The Morgan fingerprint density at radius 1 is 1.20 bits per heavy atom. The third-order valence-electron chi connectivity index (χ3n) is 5.34. The summed E-state index contributed by atoms with van der Waals surface area (Å²) in [7, 11) is -3.66. The molecule has 0 aromatic heterocycles. The Kier molecular flexibility index (Phi) is 7.10. The van der Waals surface area contributed by atoms with Crippen molar-refractivity contribution in [1.29, 1.82) is 0 Å². The minimum Gasteiger partial charge on any atom is -0.368 e. The van der Waals surface area contributed by atoms with Crippen LogP contribution in [0.3, 0.4) is 0 Å². The summed E-state index contributed by atoms with van der Waals surface area (Å²) in [5.41, 5.74) is 2.81. The van der Waals surface area contributed by atoms with Gasteiger partial charge in [-0.15, -0.1) is 0 Å². The van der Waals surface area contributed by atoms with E-state index in [1.54, 1.807) is 6.07 Å². The van der Waals surface area contributed by atoms with Gasteiger partial charge in [-0.2, -0.15) is 4.31 Å². The number of carbonyl (C=O) groups is 1. The first-order valence-corrected chi connectivity index (χ1v) is 11.9. The summed E-state index contributed by atoms with van der Waals surface area (Å²) in [6.07, 6.45) is 2.78. The van der Waals surface area contributed by atoms with Crippen LogP contribution in [0.2, 0.25) is 0 Å². The number of anilines is 1. The molecule has 6 nitrogen and oxygen atoms in total. The van der Waals surface area contributed by atoms with Crippen molar-refractivity contribution in [2.75, 3.05) is 30.8 Å². The van der Waals surface area contributed by atoms with Crippen LogP contribution in [0.1, 0.15) is 24.5 Å². The van der Waals surface area contributed by atoms with E-state index in [0.29, 0.717) is 12.6 Å². The zero-order valence-electron chi connectivity index (χ0n) is 17.3. The lowest BCUT2D eigenvalue weighted by Gasteiger charge is -2.25. The van der Waals surface area contributed by atoms with E-state index in [1.807, 2.05) is 12.1 Å². The molecule has 2 aromatic rings. The van der Waals surface area contributed by atoms with Crippen molar-refractivity contribution in [3.8, 4) is 0 Å². The van der Waals surface area contributed by atoms with E-state index in [0.717, 1.165) is 29.9 Å². The second kappa shape index (κ2) is 9.57. The molecule has 0 aliphatic carbocycles. The highest BCUT2D eigenvalue weighted by molar-refractivity contribution is 7.88. The Labute approximate surface area is 177 Å². The fourth-order valence-corrected chi connectivity index (χ4v) is 4.50. The smallest absolute Gasteiger partial charge is 0.235 e. The minimum absolute atomic E-state index is 0.180. The van der Waals surface area contributed by atoms with Crippen molar-refractivity contribution in [3.05, 3.63) is 65.5 Å². The fraction of sp³-hybridized carbons (Fsp3) is 0.409. The van der Waals surface area contributed by atoms with Gasteiger partial charge >= 0.3 is 0 Å². The number of para-hydroxylation sites is 1. The number of hydrogen-bond acceptors (Lipinski definition) is 4. The van der Waals surface area contributed by atoms with Crippen molar-refractivity contribution in [2.24, 2.45) is 0 Å². The molecule has 0 fully saturated rings. The number of halogens is 1. The molecule has 0 bridgehead atoms. The van der Waals surface area contributed by atoms with Crippen LogP contribution in [0.25, 0.3) is 0 Å². The normalized spacial score (nSPS) is 16.0. The predicted molar refractivity (Wildman–Crippen MR) is 116 cm³/mol. The second-order valence-electron chi connectivity index (χ2n) is 7.70. The highest BCUT2D eigenvalue weighted by atomic mass is 32.2. The Morgan fingerprint density at radius 3 is 2.63 bits per heavy atom. The third-order valence-corrected chi connectivity index (χ3v) is 6.54. The van der Waals surface area contributed by atoms with Crippen LogP contribution in [-0.4, -0.2) is 50.6 Å². The van der Waals surface area contributed by atoms with Crippen LogP contribution in [0.4, 0.5) is 10.1 Å². The summed E-state index contributed by atoms with van der Waals surface area (Å²) in [5, 5.41) is 2.78. The van der Waals surface area contributed by atoms with Crippen molar-refractivity contribution < 1.29 is 17.6 Å². The van der Waals surface area contributed by atoms with Gasteiger partial charge in [0, 0.05) is 36.9 Å². The molecule has 0 spiro atoms. The molecule has 162 valence electrons. The van der Waals surface area contributed by atoms with Crippen LogP contribution in [0.15, 0.2) is 48.5 Å². The average molecular weight is 434 g/mol. The van der Waals surface area contributed by atoms with Crippen LogP contribution >= 0.6 is 0 Å². The van der Waals surface area contributed by atoms with Gasteiger partial charge in [0.25, 0.3) is 0 Å². The van der Waals surface area contributed by atoms with Crippen molar-refractivity contribution in [2.45, 2.75) is 32.4 Å². The molecule has 3 rings (SSSR count). The number of nitrogens with zero attached hydrogens (tertiary/aromatic N) is 2. The second-order valence-corrected chi connectivity index (χ2v) is 9.68. The van der Waals surface area contributed by atoms with Crippen LogP contribution < -0.4 is 10.2 Å². The molecule has 1 aliphatic rings. The number of sulfonamides is 1. The molecule has 0 saturated carbocycles. The SMILES string of the molecule is CC1Cc2ccccc2N1CCCNC(=O)CN(Cc1ccccc1F)S(C)(=O)=O. The van der Waals surface area contributed by atoms with E-state index >= 15 is 0 Å². The number of fused-ring (bicyclic) bond motifs is 1. The molecule has 1 unspecified atom stereocenters. The first-order valence-electron chi connectivity index (χ1n) is 10.1. The Hall–Kier alpha value is -2.45. The molecule has 1 N–H and O–H groups in total. The largest absolute Gasteiger partial charge is 0.368 e. The van der Waals surface area contributed by atoms with E-state index in [4.69, 9.17) is 0 Å². The Morgan fingerprint density at radius 2 is 1.90 bits per heavy atom. The summed E-state index contributed by atoms with van der Waals surface area (Å²) in [6, 6.07) is 14.7. The van der Waals surface area contributed by atoms with Gasteiger partial charge in [0.15, 0.2) is 0 Å². The molecule has 1 heterocycles. The third kappa shape index (κ3) is 5.58. The molecule has 0 radical (unpaired) electrons. The summed E-state index contributed by atoms with van der Waals surface area (Å²) in [6.45, 7) is 2.92. The molecule has 1 amide bonds. The van der Waals surface area contributed by atoms with Crippen molar-refractivity contribution >= 4 is 21.6 Å². The quantitative estimate of drug-likeness (QED) is 0.617. The van der Waals surface area contributed by atoms with E-state index in [1.165, 1.54) is 29.4 Å². The lowest BCUT2D eigenvalue weighted by molar-refractivity contribution is -0.121. The Bertz CT molecular complexity index is 997. The number of carbonyl (C=O) groups excluding carboxylic acids is 1. The minimum atomic E-state index is -3.66. The van der Waals surface area contributed by atoms with Crippen LogP contribution in [-0.2, 0) is 27.8 Å². The van der Waals surface area contributed by atoms with Gasteiger partial charge in [-0.1, -0.05) is 36.4 Å². The molecule has 1 aliphatic heterocycles. The van der Waals surface area contributed by atoms with Crippen molar-refractivity contribution in [1.82, 2.24) is 9.62 Å². The van der Waals surface area contributed by atoms with E-state index in [9.17, 15) is 17.6 Å². The molecule has 2 aromatic carbocycles. The molecular weight excluding hydrogens is 405 g/mol. The molecule has 0 saturated heterocycles. The van der Waals surface area contributed by atoms with Gasteiger partial charge in [-0.3, -0.25) is 4.79 Å². The zero-order valence-corrected chi connectivity index (χ0v) is 18.2. The standard InChI is InChI=1S/C22H28FN3O3S/c1-17-14-18-8-4-6-11-21(18)26(17)13-7-12-24-22(27)16-25(30(2,28)29)15-19-9-3-5-10-20(19)23/h3-6,8-11,17H,7,12-16H2,1-2H3,(H,24,27). The molecule has 30 heavy (non-hydrogen) atoms. The highest BCUT2D eigenvalue weighted by Crippen LogP contribution is 2.31. The van der Waals surface area contributed by atoms with E-state index < -0.39 is 21.7 Å². The van der Waals surface area contributed by atoms with Crippen molar-refractivity contribution in [3.63, 3.8) is 0 Å². The van der Waals surface area contributed by atoms with Crippen LogP contribution in [0, 0.1) is 5.82 Å². The first-order chi connectivity index (χ1) is 14.3. The number of rotatable bonds is 9. The summed E-state index contributed by atoms with van der Waals surface area (Å²) < 4.78 is 39.0. The molecular formula is C22H28FN3O3S. The predicted octanol–water partition coefficient (Wildman–Crippen LogP) is 2.54. The lowest BCUT2D eigenvalue weighted by Crippen LogP contribution is -2.41. The van der Waals surface area contributed by atoms with E-state index in [-0.39, 0.29) is 18.7 Å². The van der Waals surface area contributed by atoms with Gasteiger partial charge in [-0.25, -0.2) is 12.8 Å². The molecule has 1 atom stereocenters. The number of hydrogen-bond donors (Lipinski definition) is 1. The Balaban J connectivity index is 1.50. The summed E-state index contributed by atoms with van der Waals surface area (Å²) in [4.78, 5) is 14.6. The number of benzene rings is 2. The summed E-state index contributed by atoms with van der Waals surface area (Å²) >= 11 is 0. The van der Waals surface area contributed by atoms with Gasteiger partial charge in [0.05, 0.1) is 12.8 Å². The number of amides is 1. The van der Waals surface area contributed by atoms with E-state index in [2.05, 4.69) is 29.3 Å². The highest BCUT2D eigenvalue weighted by Gasteiger charge is 2.25. The van der Waals surface area contributed by atoms with Gasteiger partial charge in [0.1, 0.15) is 5.82 Å². The zero-order chi connectivity index (χ0) is 21.7.